The first-order chi connectivity index (χ1) is 8.15. The van der Waals surface area contributed by atoms with E-state index in [1.54, 1.807) is 0 Å². The largest absolute Gasteiger partial charge is 0.468 e. The lowest BCUT2D eigenvalue weighted by atomic mass is 9.49. The van der Waals surface area contributed by atoms with Crippen molar-refractivity contribution in [2.24, 2.45) is 5.92 Å². The van der Waals surface area contributed by atoms with Crippen molar-refractivity contribution in [1.82, 2.24) is 0 Å². The normalized spacial score (nSPS) is 20.4. The summed E-state index contributed by atoms with van der Waals surface area (Å²) in [6, 6.07) is 10.5. The average Bonchev–Trinajstić information content (AvgIpc) is 2.39. The Bertz CT molecular complexity index is 346. The molecule has 2 rings (SSSR count). The van der Waals surface area contributed by atoms with Crippen LogP contribution in [-0.2, 0) is 14.6 Å². The highest BCUT2D eigenvalue weighted by Gasteiger charge is 2.46. The van der Waals surface area contributed by atoms with Crippen molar-refractivity contribution in [2.45, 2.75) is 32.5 Å². The van der Waals surface area contributed by atoms with Crippen LogP contribution in [0.25, 0.3) is 0 Å². The number of hydrogen-bond donors (Lipinski definition) is 0. The molecule has 0 N–H and O–H groups in total. The van der Waals surface area contributed by atoms with Crippen molar-refractivity contribution >= 4 is 7.12 Å². The van der Waals surface area contributed by atoms with Gasteiger partial charge in [0.05, 0.1) is 0 Å². The fraction of sp³-hybridized carbons (Fsp3) is 0.571. The van der Waals surface area contributed by atoms with E-state index in [2.05, 4.69) is 45.0 Å². The molecule has 1 aliphatic heterocycles. The molecule has 0 amide bonds. The maximum atomic E-state index is 5.84. The second-order valence-corrected chi connectivity index (χ2v) is 5.23. The fourth-order valence-electron chi connectivity index (χ4n) is 2.37. The Kier molecular flexibility index (Phi) is 3.90. The highest BCUT2D eigenvalue weighted by atomic mass is 16.6. The Hall–Kier alpha value is -0.795. The lowest BCUT2D eigenvalue weighted by molar-refractivity contribution is 0.108. The molecule has 0 aromatic heterocycles. The summed E-state index contributed by atoms with van der Waals surface area (Å²) >= 11 is 0. The van der Waals surface area contributed by atoms with E-state index in [4.69, 9.17) is 9.31 Å². The van der Waals surface area contributed by atoms with Gasteiger partial charge in [-0.05, 0) is 17.9 Å². The van der Waals surface area contributed by atoms with Crippen LogP contribution in [0.4, 0.5) is 0 Å². The zero-order valence-corrected chi connectivity index (χ0v) is 11.0. The van der Waals surface area contributed by atoms with E-state index >= 15 is 0 Å². The zero-order chi connectivity index (χ0) is 12.3. The lowest BCUT2D eigenvalue weighted by Crippen LogP contribution is -2.51. The van der Waals surface area contributed by atoms with Crippen molar-refractivity contribution in [3.05, 3.63) is 35.9 Å². The highest BCUT2D eigenvalue weighted by Crippen LogP contribution is 2.36. The summed E-state index contributed by atoms with van der Waals surface area (Å²) < 4.78 is 11.7. The summed E-state index contributed by atoms with van der Waals surface area (Å²) in [7, 11) is -0.126. The van der Waals surface area contributed by atoms with Gasteiger partial charge in [0, 0.05) is 18.5 Å². The van der Waals surface area contributed by atoms with Crippen LogP contribution in [0.3, 0.4) is 0 Å². The first-order valence-corrected chi connectivity index (χ1v) is 6.44. The summed E-state index contributed by atoms with van der Waals surface area (Å²) in [5.74, 6) is 0.466. The van der Waals surface area contributed by atoms with E-state index < -0.39 is 0 Å². The fourth-order valence-corrected chi connectivity index (χ4v) is 2.37. The molecule has 1 atom stereocenters. The minimum Gasteiger partial charge on any atom is -0.410 e. The van der Waals surface area contributed by atoms with Crippen molar-refractivity contribution in [1.29, 1.82) is 0 Å². The minimum absolute atomic E-state index is 0.0817. The minimum atomic E-state index is -0.126. The van der Waals surface area contributed by atoms with Gasteiger partial charge >= 0.3 is 7.12 Å². The molecule has 1 aliphatic rings. The first kappa shape index (κ1) is 12.7. The second-order valence-electron chi connectivity index (χ2n) is 5.23. The molecule has 1 fully saturated rings. The van der Waals surface area contributed by atoms with Crippen LogP contribution in [0.1, 0.15) is 32.8 Å². The van der Waals surface area contributed by atoms with Gasteiger partial charge in [0.2, 0.25) is 0 Å². The molecule has 92 valence electrons. The molecule has 3 heteroatoms. The molecule has 1 aromatic rings. The van der Waals surface area contributed by atoms with Gasteiger partial charge in [0.15, 0.2) is 0 Å². The molecule has 1 saturated heterocycles. The van der Waals surface area contributed by atoms with Crippen LogP contribution in [0.2, 0.25) is 0 Å². The van der Waals surface area contributed by atoms with Gasteiger partial charge in [0.25, 0.3) is 0 Å². The van der Waals surface area contributed by atoms with Crippen molar-refractivity contribution in [2.75, 3.05) is 13.2 Å². The van der Waals surface area contributed by atoms with Crippen LogP contribution in [0.15, 0.2) is 30.3 Å². The Morgan fingerprint density at radius 1 is 1.12 bits per heavy atom. The Morgan fingerprint density at radius 3 is 2.24 bits per heavy atom. The topological polar surface area (TPSA) is 18.5 Å². The predicted molar refractivity (Wildman–Crippen MR) is 70.9 cm³/mol. The molecule has 2 nitrogen and oxygen atoms in total. The zero-order valence-electron chi connectivity index (χ0n) is 11.0. The van der Waals surface area contributed by atoms with Gasteiger partial charge < -0.3 is 9.31 Å². The quantitative estimate of drug-likeness (QED) is 0.745. The van der Waals surface area contributed by atoms with E-state index in [-0.39, 0.29) is 12.4 Å². The van der Waals surface area contributed by atoms with Gasteiger partial charge in [-0.2, -0.15) is 0 Å². The van der Waals surface area contributed by atoms with Crippen LogP contribution in [-0.4, -0.2) is 20.3 Å². The van der Waals surface area contributed by atoms with E-state index in [0.717, 1.165) is 19.6 Å². The summed E-state index contributed by atoms with van der Waals surface area (Å²) in [6.07, 6.45) is 0.999. The van der Waals surface area contributed by atoms with Crippen LogP contribution < -0.4 is 0 Å². The standard InChI is InChI=1S/C14H21BO2/c1-12(2)14(3,13-8-5-4-6-9-13)15-16-10-7-11-17-15/h4-6,8-9,12H,7,10-11H2,1-3H3. The SMILES string of the molecule is CC(C)C(C)(B1OCCCO1)c1ccccc1. The van der Waals surface area contributed by atoms with E-state index in [1.165, 1.54) is 5.56 Å². The third-order valence-corrected chi connectivity index (χ3v) is 3.91. The van der Waals surface area contributed by atoms with Crippen molar-refractivity contribution in [3.8, 4) is 0 Å². The maximum Gasteiger partial charge on any atom is 0.468 e. The van der Waals surface area contributed by atoms with Gasteiger partial charge in [-0.25, -0.2) is 0 Å². The first-order valence-electron chi connectivity index (χ1n) is 6.44. The molecule has 0 spiro atoms. The molecular formula is C14H21BO2. The Labute approximate surface area is 104 Å². The predicted octanol–water partition coefficient (Wildman–Crippen LogP) is 3.06. The number of hydrogen-bond acceptors (Lipinski definition) is 2. The molecule has 0 aliphatic carbocycles. The van der Waals surface area contributed by atoms with Gasteiger partial charge in [-0.3, -0.25) is 0 Å². The summed E-state index contributed by atoms with van der Waals surface area (Å²) in [5.41, 5.74) is 1.29. The van der Waals surface area contributed by atoms with E-state index in [1.807, 2.05) is 6.07 Å². The third-order valence-electron chi connectivity index (χ3n) is 3.91. The van der Waals surface area contributed by atoms with Crippen molar-refractivity contribution < 1.29 is 9.31 Å². The smallest absolute Gasteiger partial charge is 0.410 e. The second kappa shape index (κ2) is 5.24. The van der Waals surface area contributed by atoms with Gasteiger partial charge in [0.1, 0.15) is 0 Å². The summed E-state index contributed by atoms with van der Waals surface area (Å²) in [6.45, 7) is 8.31. The van der Waals surface area contributed by atoms with Crippen LogP contribution in [0, 0.1) is 5.92 Å². The van der Waals surface area contributed by atoms with Gasteiger partial charge in [-0.1, -0.05) is 51.1 Å². The maximum absolute atomic E-state index is 5.84. The van der Waals surface area contributed by atoms with Crippen LogP contribution >= 0.6 is 0 Å². The molecule has 1 unspecified atom stereocenters. The monoisotopic (exact) mass is 232 g/mol. The number of rotatable bonds is 3. The van der Waals surface area contributed by atoms with Crippen LogP contribution in [0.5, 0.6) is 0 Å². The Morgan fingerprint density at radius 2 is 1.71 bits per heavy atom. The number of benzene rings is 1. The third kappa shape index (κ3) is 2.40. The highest BCUT2D eigenvalue weighted by molar-refractivity contribution is 6.49. The molecule has 1 heterocycles. The van der Waals surface area contributed by atoms with Gasteiger partial charge in [-0.15, -0.1) is 0 Å². The van der Waals surface area contributed by atoms with E-state index in [9.17, 15) is 0 Å². The Balaban J connectivity index is 2.31. The average molecular weight is 232 g/mol. The summed E-state index contributed by atoms with van der Waals surface area (Å²) in [4.78, 5) is 0. The molecule has 1 aromatic carbocycles. The molecular weight excluding hydrogens is 211 g/mol. The molecule has 0 radical (unpaired) electrons. The molecule has 0 saturated carbocycles. The summed E-state index contributed by atoms with van der Waals surface area (Å²) in [5, 5.41) is -0.0817. The van der Waals surface area contributed by atoms with Crippen molar-refractivity contribution in [3.63, 3.8) is 0 Å². The molecule has 17 heavy (non-hydrogen) atoms. The van der Waals surface area contributed by atoms with E-state index in [0.29, 0.717) is 5.92 Å². The lowest BCUT2D eigenvalue weighted by Gasteiger charge is -2.39. The molecule has 0 bridgehead atoms.